The average molecular weight is 468 g/mol. The first kappa shape index (κ1) is 27.3. The number of nitrogens with two attached hydrogens (primary N) is 1. The number of ketones is 1. The van der Waals surface area contributed by atoms with Crippen molar-refractivity contribution in [3.05, 3.63) is 76.7 Å². The van der Waals surface area contributed by atoms with E-state index in [4.69, 9.17) is 5.73 Å². The Morgan fingerprint density at radius 2 is 1.74 bits per heavy atom. The van der Waals surface area contributed by atoms with Crippen LogP contribution >= 0.6 is 0 Å². The summed E-state index contributed by atoms with van der Waals surface area (Å²) in [5, 5.41) is 6.59. The van der Waals surface area contributed by atoms with E-state index in [-0.39, 0.29) is 29.5 Å². The molecule has 4 N–H and O–H groups in total. The van der Waals surface area contributed by atoms with Crippen molar-refractivity contribution in [3.63, 3.8) is 0 Å². The maximum atomic E-state index is 13.1. The maximum absolute atomic E-state index is 13.1. The zero-order chi connectivity index (χ0) is 24.9. The number of rotatable bonds is 14. The molecule has 0 fully saturated rings. The van der Waals surface area contributed by atoms with Crippen molar-refractivity contribution < 1.29 is 14.0 Å². The van der Waals surface area contributed by atoms with Crippen LogP contribution in [-0.4, -0.2) is 30.8 Å². The van der Waals surface area contributed by atoms with Crippen molar-refractivity contribution in [2.24, 2.45) is 11.7 Å². The van der Waals surface area contributed by atoms with Crippen LogP contribution < -0.4 is 16.4 Å². The molecular weight excluding hydrogens is 429 g/mol. The molecule has 34 heavy (non-hydrogen) atoms. The van der Waals surface area contributed by atoms with Gasteiger partial charge in [0.05, 0.1) is 0 Å². The zero-order valence-electron chi connectivity index (χ0n) is 20.6. The number of halogens is 1. The van der Waals surface area contributed by atoms with Gasteiger partial charge < -0.3 is 16.4 Å². The van der Waals surface area contributed by atoms with Crippen LogP contribution in [0.1, 0.15) is 77.8 Å². The molecule has 2 rings (SSSR count). The Balaban J connectivity index is 1.85. The summed E-state index contributed by atoms with van der Waals surface area (Å²) in [7, 11) is 0. The summed E-state index contributed by atoms with van der Waals surface area (Å²) in [6.45, 7) is 7.52. The van der Waals surface area contributed by atoms with E-state index in [2.05, 4.69) is 17.6 Å². The first-order valence-corrected chi connectivity index (χ1v) is 12.2. The van der Waals surface area contributed by atoms with E-state index in [9.17, 15) is 14.0 Å². The first-order valence-electron chi connectivity index (χ1n) is 12.2. The largest absolute Gasteiger partial charge is 0.405 e. The number of carbonyl (C=O) groups is 2. The molecule has 0 saturated heterocycles. The van der Waals surface area contributed by atoms with Crippen LogP contribution in [-0.2, 0) is 0 Å². The number of aryl methyl sites for hydroxylation is 1. The van der Waals surface area contributed by atoms with Crippen molar-refractivity contribution in [2.45, 2.75) is 58.9 Å². The Morgan fingerprint density at radius 3 is 2.38 bits per heavy atom. The molecule has 0 heterocycles. The number of carbonyl (C=O) groups excluding carboxylic acids is 2. The SMILES string of the molecule is CCC[C@@H](CCNCCC(CC)C(=O)c1ccc(F)cc1)NC(=O)c1cc(C)ccc1/C=C\N. The van der Waals surface area contributed by atoms with Gasteiger partial charge in [-0.2, -0.15) is 0 Å². The Labute approximate surface area is 203 Å². The zero-order valence-corrected chi connectivity index (χ0v) is 20.6. The quantitative estimate of drug-likeness (QED) is 0.262. The van der Waals surface area contributed by atoms with Gasteiger partial charge >= 0.3 is 0 Å². The third-order valence-electron chi connectivity index (χ3n) is 6.03. The van der Waals surface area contributed by atoms with Gasteiger partial charge in [0.15, 0.2) is 5.78 Å². The van der Waals surface area contributed by atoms with E-state index < -0.39 is 0 Å². The highest BCUT2D eigenvalue weighted by molar-refractivity contribution is 5.98. The number of hydrogen-bond donors (Lipinski definition) is 3. The number of benzene rings is 2. The Hall–Kier alpha value is -2.99. The van der Waals surface area contributed by atoms with Gasteiger partial charge in [-0.05, 0) is 93.9 Å². The fourth-order valence-corrected chi connectivity index (χ4v) is 4.06. The van der Waals surface area contributed by atoms with Crippen molar-refractivity contribution >= 4 is 17.8 Å². The lowest BCUT2D eigenvalue weighted by atomic mass is 9.92. The highest BCUT2D eigenvalue weighted by Crippen LogP contribution is 2.17. The fraction of sp³-hybridized carbons (Fsp3) is 0.429. The number of hydrogen-bond acceptors (Lipinski definition) is 4. The van der Waals surface area contributed by atoms with Crippen LogP contribution in [0.3, 0.4) is 0 Å². The lowest BCUT2D eigenvalue weighted by Crippen LogP contribution is -2.37. The monoisotopic (exact) mass is 467 g/mol. The van der Waals surface area contributed by atoms with Gasteiger partial charge in [-0.1, -0.05) is 38.0 Å². The van der Waals surface area contributed by atoms with Gasteiger partial charge in [-0.25, -0.2) is 4.39 Å². The normalized spacial score (nSPS) is 13.1. The second-order valence-corrected chi connectivity index (χ2v) is 8.71. The van der Waals surface area contributed by atoms with Crippen LogP contribution in [0.5, 0.6) is 0 Å². The summed E-state index contributed by atoms with van der Waals surface area (Å²) in [4.78, 5) is 25.6. The molecule has 0 spiro atoms. The van der Waals surface area contributed by atoms with Gasteiger partial charge in [0.1, 0.15) is 5.82 Å². The van der Waals surface area contributed by atoms with Crippen molar-refractivity contribution in [1.29, 1.82) is 0 Å². The van der Waals surface area contributed by atoms with E-state index in [0.29, 0.717) is 17.7 Å². The fourth-order valence-electron chi connectivity index (χ4n) is 4.06. The van der Waals surface area contributed by atoms with Crippen LogP contribution in [0.2, 0.25) is 0 Å². The molecule has 2 aromatic carbocycles. The molecule has 0 aliphatic heterocycles. The molecular formula is C28H38FN3O2. The maximum Gasteiger partial charge on any atom is 0.252 e. The third kappa shape index (κ3) is 8.41. The topological polar surface area (TPSA) is 84.2 Å². The molecule has 1 amide bonds. The Bertz CT molecular complexity index is 957. The van der Waals surface area contributed by atoms with Crippen molar-refractivity contribution in [3.8, 4) is 0 Å². The highest BCUT2D eigenvalue weighted by Gasteiger charge is 2.19. The summed E-state index contributed by atoms with van der Waals surface area (Å²) < 4.78 is 13.1. The minimum absolute atomic E-state index is 0.0564. The van der Waals surface area contributed by atoms with Gasteiger partial charge in [-0.3, -0.25) is 9.59 Å². The van der Waals surface area contributed by atoms with E-state index in [1.807, 2.05) is 32.0 Å². The summed E-state index contributed by atoms with van der Waals surface area (Å²) in [6.07, 6.45) is 7.30. The summed E-state index contributed by atoms with van der Waals surface area (Å²) in [5.41, 5.74) is 8.55. The van der Waals surface area contributed by atoms with E-state index in [0.717, 1.165) is 49.8 Å². The standard InChI is InChI=1S/C28H38FN3O2/c1-4-6-25(32-28(34)26-19-20(3)7-8-22(26)13-16-30)15-18-31-17-14-21(5-2)27(33)23-9-11-24(29)12-10-23/h7-13,16,19,21,25,31H,4-6,14-15,17-18,30H2,1-3H3,(H,32,34)/b16-13-/t21?,25-/m0/s1. The van der Waals surface area contributed by atoms with Crippen LogP contribution in [0.25, 0.3) is 6.08 Å². The molecule has 5 nitrogen and oxygen atoms in total. The molecule has 184 valence electrons. The summed E-state index contributed by atoms with van der Waals surface area (Å²) in [6, 6.07) is 11.6. The van der Waals surface area contributed by atoms with Crippen molar-refractivity contribution in [2.75, 3.05) is 13.1 Å². The van der Waals surface area contributed by atoms with E-state index in [1.165, 1.54) is 18.3 Å². The third-order valence-corrected chi connectivity index (χ3v) is 6.03. The van der Waals surface area contributed by atoms with Crippen molar-refractivity contribution in [1.82, 2.24) is 10.6 Å². The molecule has 0 radical (unpaired) electrons. The van der Waals surface area contributed by atoms with Crippen LogP contribution in [0.4, 0.5) is 4.39 Å². The molecule has 1 unspecified atom stereocenters. The lowest BCUT2D eigenvalue weighted by molar-refractivity contribution is 0.0905. The molecule has 0 bridgehead atoms. The summed E-state index contributed by atoms with van der Waals surface area (Å²) in [5.74, 6) is -0.471. The average Bonchev–Trinajstić information content (AvgIpc) is 2.82. The minimum Gasteiger partial charge on any atom is -0.405 e. The molecule has 2 aromatic rings. The van der Waals surface area contributed by atoms with E-state index in [1.54, 1.807) is 18.2 Å². The number of Topliss-reactive ketones (excluding diaryl/α,β-unsaturated/α-hetero) is 1. The first-order chi connectivity index (χ1) is 16.4. The van der Waals surface area contributed by atoms with Gasteiger partial charge in [0.2, 0.25) is 0 Å². The summed E-state index contributed by atoms with van der Waals surface area (Å²) >= 11 is 0. The molecule has 0 aliphatic rings. The predicted molar refractivity (Wildman–Crippen MR) is 137 cm³/mol. The second-order valence-electron chi connectivity index (χ2n) is 8.71. The van der Waals surface area contributed by atoms with E-state index >= 15 is 0 Å². The smallest absolute Gasteiger partial charge is 0.252 e. The van der Waals surface area contributed by atoms with Gasteiger partial charge in [0, 0.05) is 23.1 Å². The predicted octanol–water partition coefficient (Wildman–Crippen LogP) is 5.24. The number of amides is 1. The molecule has 2 atom stereocenters. The number of nitrogens with one attached hydrogen (secondary N) is 2. The van der Waals surface area contributed by atoms with Gasteiger partial charge in [0.25, 0.3) is 5.91 Å². The van der Waals surface area contributed by atoms with Crippen LogP contribution in [0, 0.1) is 18.7 Å². The second kappa shape index (κ2) is 14.3. The Kier molecular flexibility index (Phi) is 11.5. The van der Waals surface area contributed by atoms with Crippen LogP contribution in [0.15, 0.2) is 48.7 Å². The van der Waals surface area contributed by atoms with Gasteiger partial charge in [-0.15, -0.1) is 0 Å². The Morgan fingerprint density at radius 1 is 1.03 bits per heavy atom. The molecule has 6 heteroatoms. The molecule has 0 aliphatic carbocycles. The minimum atomic E-state index is -0.338. The molecule has 0 saturated carbocycles. The lowest BCUT2D eigenvalue weighted by Gasteiger charge is -2.20. The highest BCUT2D eigenvalue weighted by atomic mass is 19.1. The molecule has 0 aromatic heterocycles.